The molecule has 0 saturated carbocycles. The zero-order valence-electron chi connectivity index (χ0n) is 12.5. The van der Waals surface area contributed by atoms with Gasteiger partial charge in [0.05, 0.1) is 6.54 Å². The molecule has 1 fully saturated rings. The molecule has 0 aliphatic carbocycles. The van der Waals surface area contributed by atoms with Gasteiger partial charge in [-0.15, -0.1) is 0 Å². The molecular weight excluding hydrogens is 254 g/mol. The highest BCUT2D eigenvalue weighted by molar-refractivity contribution is 8.14. The van der Waals surface area contributed by atoms with Gasteiger partial charge >= 0.3 is 0 Å². The summed E-state index contributed by atoms with van der Waals surface area (Å²) in [7, 11) is 0. The SMILES string of the molecule is CCCC1CN=C(NCCCN2CCCCC2C)S1. The van der Waals surface area contributed by atoms with Crippen molar-refractivity contribution in [2.24, 2.45) is 4.99 Å². The Morgan fingerprint density at radius 2 is 2.32 bits per heavy atom. The summed E-state index contributed by atoms with van der Waals surface area (Å²) in [6, 6.07) is 0.792. The molecule has 0 amide bonds. The normalized spacial score (nSPS) is 28.4. The van der Waals surface area contributed by atoms with Crippen LogP contribution in [-0.4, -0.2) is 47.5 Å². The van der Waals surface area contributed by atoms with E-state index in [4.69, 9.17) is 0 Å². The van der Waals surface area contributed by atoms with Crippen LogP contribution in [0.5, 0.6) is 0 Å². The first-order chi connectivity index (χ1) is 9.29. The molecule has 4 heteroatoms. The van der Waals surface area contributed by atoms with Gasteiger partial charge in [-0.2, -0.15) is 0 Å². The van der Waals surface area contributed by atoms with Gasteiger partial charge in [0.15, 0.2) is 5.17 Å². The Morgan fingerprint density at radius 3 is 3.11 bits per heavy atom. The number of rotatable bonds is 6. The van der Waals surface area contributed by atoms with E-state index < -0.39 is 0 Å². The minimum Gasteiger partial charge on any atom is -0.365 e. The molecule has 0 radical (unpaired) electrons. The van der Waals surface area contributed by atoms with Crippen molar-refractivity contribution < 1.29 is 0 Å². The molecular formula is C15H29N3S. The fourth-order valence-corrected chi connectivity index (χ4v) is 4.11. The van der Waals surface area contributed by atoms with E-state index in [1.165, 1.54) is 56.8 Å². The Balaban J connectivity index is 1.55. The Labute approximate surface area is 122 Å². The number of aliphatic imine (C=N–C) groups is 1. The first-order valence-electron chi connectivity index (χ1n) is 7.98. The summed E-state index contributed by atoms with van der Waals surface area (Å²) in [5.74, 6) is 0. The minimum absolute atomic E-state index is 0.731. The predicted molar refractivity (Wildman–Crippen MR) is 86.1 cm³/mol. The Bertz CT molecular complexity index is 293. The van der Waals surface area contributed by atoms with Gasteiger partial charge in [0.25, 0.3) is 0 Å². The lowest BCUT2D eigenvalue weighted by Crippen LogP contribution is -2.39. The highest BCUT2D eigenvalue weighted by Crippen LogP contribution is 2.23. The summed E-state index contributed by atoms with van der Waals surface area (Å²) in [5.41, 5.74) is 0. The molecule has 0 bridgehead atoms. The number of nitrogens with zero attached hydrogens (tertiary/aromatic N) is 2. The standard InChI is InChI=1S/C15H29N3S/c1-3-7-14-12-17-15(19-14)16-9-6-11-18-10-5-4-8-13(18)2/h13-14H,3-12H2,1-2H3,(H,16,17). The van der Waals surface area contributed by atoms with Gasteiger partial charge in [-0.1, -0.05) is 31.5 Å². The van der Waals surface area contributed by atoms with Crippen molar-refractivity contribution in [1.29, 1.82) is 0 Å². The van der Waals surface area contributed by atoms with Gasteiger partial charge in [-0.05, 0) is 39.2 Å². The monoisotopic (exact) mass is 283 g/mol. The van der Waals surface area contributed by atoms with Crippen LogP contribution in [0.4, 0.5) is 0 Å². The van der Waals surface area contributed by atoms with Crippen LogP contribution in [0, 0.1) is 0 Å². The predicted octanol–water partition coefficient (Wildman–Crippen LogP) is 3.11. The highest BCUT2D eigenvalue weighted by atomic mass is 32.2. The Hall–Kier alpha value is -0.220. The fourth-order valence-electron chi connectivity index (χ4n) is 2.95. The van der Waals surface area contributed by atoms with Gasteiger partial charge in [0.1, 0.15) is 0 Å². The topological polar surface area (TPSA) is 27.6 Å². The summed E-state index contributed by atoms with van der Waals surface area (Å²) < 4.78 is 0. The molecule has 1 N–H and O–H groups in total. The van der Waals surface area contributed by atoms with Gasteiger partial charge in [0, 0.05) is 24.4 Å². The first-order valence-corrected chi connectivity index (χ1v) is 8.86. The summed E-state index contributed by atoms with van der Waals surface area (Å²) in [6.45, 7) is 9.27. The number of hydrogen-bond acceptors (Lipinski definition) is 4. The Kier molecular flexibility index (Phi) is 6.51. The maximum Gasteiger partial charge on any atom is 0.156 e. The van der Waals surface area contributed by atoms with Crippen molar-refractivity contribution in [2.75, 3.05) is 26.2 Å². The third-order valence-corrected chi connectivity index (χ3v) is 5.38. The van der Waals surface area contributed by atoms with E-state index in [0.29, 0.717) is 0 Å². The number of thioether (sulfide) groups is 1. The van der Waals surface area contributed by atoms with Crippen molar-refractivity contribution in [3.05, 3.63) is 0 Å². The van der Waals surface area contributed by atoms with E-state index in [1.54, 1.807) is 0 Å². The lowest BCUT2D eigenvalue weighted by Gasteiger charge is -2.33. The van der Waals surface area contributed by atoms with E-state index in [-0.39, 0.29) is 0 Å². The second kappa shape index (κ2) is 8.15. The van der Waals surface area contributed by atoms with Crippen LogP contribution in [-0.2, 0) is 0 Å². The molecule has 19 heavy (non-hydrogen) atoms. The van der Waals surface area contributed by atoms with Crippen LogP contribution in [0.25, 0.3) is 0 Å². The summed E-state index contributed by atoms with van der Waals surface area (Å²) >= 11 is 1.95. The fraction of sp³-hybridized carbons (Fsp3) is 0.933. The molecule has 0 aromatic heterocycles. The summed E-state index contributed by atoms with van der Waals surface area (Å²) in [5, 5.41) is 5.43. The lowest BCUT2D eigenvalue weighted by atomic mass is 10.0. The molecule has 3 nitrogen and oxygen atoms in total. The quantitative estimate of drug-likeness (QED) is 0.759. The molecule has 2 rings (SSSR count). The summed E-state index contributed by atoms with van der Waals surface area (Å²) in [4.78, 5) is 7.24. The molecule has 2 unspecified atom stereocenters. The van der Waals surface area contributed by atoms with Crippen molar-refractivity contribution in [1.82, 2.24) is 10.2 Å². The van der Waals surface area contributed by atoms with Crippen molar-refractivity contribution in [3.8, 4) is 0 Å². The van der Waals surface area contributed by atoms with E-state index >= 15 is 0 Å². The number of nitrogens with one attached hydrogen (secondary N) is 1. The van der Waals surface area contributed by atoms with E-state index in [2.05, 4.69) is 29.1 Å². The zero-order valence-corrected chi connectivity index (χ0v) is 13.3. The van der Waals surface area contributed by atoms with Crippen LogP contribution in [0.1, 0.15) is 52.4 Å². The molecule has 2 aliphatic heterocycles. The lowest BCUT2D eigenvalue weighted by molar-refractivity contribution is 0.159. The molecule has 2 atom stereocenters. The highest BCUT2D eigenvalue weighted by Gasteiger charge is 2.19. The van der Waals surface area contributed by atoms with Gasteiger partial charge in [-0.25, -0.2) is 0 Å². The minimum atomic E-state index is 0.731. The molecule has 0 aromatic rings. The van der Waals surface area contributed by atoms with E-state index in [0.717, 1.165) is 24.4 Å². The van der Waals surface area contributed by atoms with Crippen molar-refractivity contribution in [2.45, 2.75) is 63.7 Å². The number of likely N-dealkylation sites (tertiary alicyclic amines) is 1. The van der Waals surface area contributed by atoms with E-state index in [9.17, 15) is 0 Å². The van der Waals surface area contributed by atoms with Gasteiger partial charge in [0.2, 0.25) is 0 Å². The molecule has 110 valence electrons. The largest absolute Gasteiger partial charge is 0.365 e. The molecule has 1 saturated heterocycles. The van der Waals surface area contributed by atoms with Crippen LogP contribution in [0.15, 0.2) is 4.99 Å². The number of piperidine rings is 1. The summed E-state index contributed by atoms with van der Waals surface area (Å²) in [6.07, 6.45) is 8.00. The van der Waals surface area contributed by atoms with E-state index in [1.807, 2.05) is 11.8 Å². The molecule has 0 spiro atoms. The first kappa shape index (κ1) is 15.2. The maximum absolute atomic E-state index is 4.59. The molecule has 2 heterocycles. The van der Waals surface area contributed by atoms with Crippen LogP contribution < -0.4 is 5.32 Å². The third-order valence-electron chi connectivity index (χ3n) is 4.17. The van der Waals surface area contributed by atoms with Crippen LogP contribution in [0.2, 0.25) is 0 Å². The van der Waals surface area contributed by atoms with Gasteiger partial charge in [-0.3, -0.25) is 4.99 Å². The van der Waals surface area contributed by atoms with Crippen molar-refractivity contribution in [3.63, 3.8) is 0 Å². The second-order valence-electron chi connectivity index (χ2n) is 5.84. The molecule has 0 aromatic carbocycles. The Morgan fingerprint density at radius 1 is 1.42 bits per heavy atom. The van der Waals surface area contributed by atoms with Crippen molar-refractivity contribution >= 4 is 16.9 Å². The third kappa shape index (κ3) is 4.99. The average molecular weight is 283 g/mol. The molecule has 2 aliphatic rings. The number of hydrogen-bond donors (Lipinski definition) is 1. The maximum atomic E-state index is 4.59. The number of amidine groups is 1. The van der Waals surface area contributed by atoms with Crippen LogP contribution in [0.3, 0.4) is 0 Å². The van der Waals surface area contributed by atoms with Crippen LogP contribution >= 0.6 is 11.8 Å². The average Bonchev–Trinajstić information content (AvgIpc) is 2.85. The smallest absolute Gasteiger partial charge is 0.156 e. The second-order valence-corrected chi connectivity index (χ2v) is 7.12. The van der Waals surface area contributed by atoms with Gasteiger partial charge < -0.3 is 10.2 Å². The zero-order chi connectivity index (χ0) is 13.5.